The van der Waals surface area contributed by atoms with Crippen molar-refractivity contribution >= 4 is 35.0 Å². The van der Waals surface area contributed by atoms with Crippen LogP contribution in [-0.4, -0.2) is 40.0 Å². The van der Waals surface area contributed by atoms with Crippen LogP contribution in [0.15, 0.2) is 5.38 Å². The molecule has 0 aliphatic rings. The minimum absolute atomic E-state index is 0.0332. The first kappa shape index (κ1) is 14.5. The van der Waals surface area contributed by atoms with Gasteiger partial charge >= 0.3 is 5.97 Å². The number of carboxylic acids is 1. The van der Waals surface area contributed by atoms with Crippen molar-refractivity contribution in [3.05, 3.63) is 16.1 Å². The van der Waals surface area contributed by atoms with Gasteiger partial charge in [0.25, 0.3) is 0 Å². The molecule has 0 radical (unpaired) electrons. The van der Waals surface area contributed by atoms with Gasteiger partial charge in [0.05, 0.1) is 22.6 Å². The fourth-order valence-electron chi connectivity index (χ4n) is 1.07. The SMILES string of the molecule is N#CCSCC(=O)NCCc1nc(C(=O)O)cs1. The average Bonchev–Trinajstić information content (AvgIpc) is 2.78. The molecule has 0 fully saturated rings. The van der Waals surface area contributed by atoms with Crippen LogP contribution in [0.5, 0.6) is 0 Å². The maximum Gasteiger partial charge on any atom is 0.355 e. The molecule has 0 aliphatic heterocycles. The molecule has 0 aliphatic carbocycles. The molecule has 18 heavy (non-hydrogen) atoms. The Morgan fingerprint density at radius 1 is 1.61 bits per heavy atom. The van der Waals surface area contributed by atoms with Crippen LogP contribution in [0.3, 0.4) is 0 Å². The van der Waals surface area contributed by atoms with Crippen LogP contribution in [-0.2, 0) is 11.2 Å². The molecule has 0 spiro atoms. The maximum absolute atomic E-state index is 11.3. The lowest BCUT2D eigenvalue weighted by molar-refractivity contribution is -0.118. The number of amides is 1. The number of aromatic carboxylic acids is 1. The van der Waals surface area contributed by atoms with E-state index in [-0.39, 0.29) is 17.4 Å². The summed E-state index contributed by atoms with van der Waals surface area (Å²) in [4.78, 5) is 25.8. The first-order chi connectivity index (χ1) is 8.63. The van der Waals surface area contributed by atoms with E-state index in [9.17, 15) is 9.59 Å². The molecule has 0 saturated carbocycles. The standard InChI is InChI=1S/C10H11N3O3S2/c11-2-4-17-6-8(14)12-3-1-9-13-7(5-18-9)10(15)16/h5H,1,3-4,6H2,(H,12,14)(H,15,16). The summed E-state index contributed by atoms with van der Waals surface area (Å²) in [7, 11) is 0. The fourth-order valence-corrected chi connectivity index (χ4v) is 2.33. The number of carboxylic acid groups (broad SMARTS) is 1. The highest BCUT2D eigenvalue weighted by molar-refractivity contribution is 8.00. The lowest BCUT2D eigenvalue weighted by atomic mass is 10.4. The number of thiazole rings is 1. The van der Waals surface area contributed by atoms with Crippen molar-refractivity contribution in [3.63, 3.8) is 0 Å². The van der Waals surface area contributed by atoms with Gasteiger partial charge in [0.2, 0.25) is 5.91 Å². The summed E-state index contributed by atoms with van der Waals surface area (Å²) in [5.74, 6) is -0.632. The van der Waals surface area contributed by atoms with E-state index in [0.29, 0.717) is 23.7 Å². The normalized spacial score (nSPS) is 9.72. The van der Waals surface area contributed by atoms with Crippen molar-refractivity contribution in [2.45, 2.75) is 6.42 Å². The molecular formula is C10H11N3O3S2. The van der Waals surface area contributed by atoms with Gasteiger partial charge in [0.1, 0.15) is 0 Å². The van der Waals surface area contributed by atoms with E-state index in [1.165, 1.54) is 28.5 Å². The number of rotatable bonds is 7. The maximum atomic E-state index is 11.3. The smallest absolute Gasteiger partial charge is 0.355 e. The minimum Gasteiger partial charge on any atom is -0.476 e. The average molecular weight is 285 g/mol. The number of nitrogens with one attached hydrogen (secondary N) is 1. The highest BCUT2D eigenvalue weighted by atomic mass is 32.2. The van der Waals surface area contributed by atoms with Crippen molar-refractivity contribution in [2.24, 2.45) is 0 Å². The van der Waals surface area contributed by atoms with E-state index >= 15 is 0 Å². The topological polar surface area (TPSA) is 103 Å². The summed E-state index contributed by atoms with van der Waals surface area (Å²) >= 11 is 2.51. The van der Waals surface area contributed by atoms with Crippen LogP contribution >= 0.6 is 23.1 Å². The minimum atomic E-state index is -1.05. The van der Waals surface area contributed by atoms with Crippen LogP contribution in [0.1, 0.15) is 15.5 Å². The van der Waals surface area contributed by atoms with E-state index in [1.54, 1.807) is 0 Å². The molecule has 6 nitrogen and oxygen atoms in total. The third-order valence-corrected chi connectivity index (χ3v) is 3.54. The van der Waals surface area contributed by atoms with Gasteiger partial charge in [-0.2, -0.15) is 5.26 Å². The Morgan fingerprint density at radius 3 is 3.00 bits per heavy atom. The van der Waals surface area contributed by atoms with Crippen molar-refractivity contribution in [1.82, 2.24) is 10.3 Å². The zero-order chi connectivity index (χ0) is 13.4. The molecule has 2 N–H and O–H groups in total. The molecule has 0 bridgehead atoms. The van der Waals surface area contributed by atoms with Crippen LogP contribution in [0.4, 0.5) is 0 Å². The Balaban J connectivity index is 2.22. The Hall–Kier alpha value is -1.59. The van der Waals surface area contributed by atoms with Crippen molar-refractivity contribution in [2.75, 3.05) is 18.1 Å². The van der Waals surface area contributed by atoms with Gasteiger partial charge in [0, 0.05) is 18.3 Å². The number of nitriles is 1. The number of hydrogen-bond acceptors (Lipinski definition) is 6. The van der Waals surface area contributed by atoms with Crippen LogP contribution in [0.25, 0.3) is 0 Å². The summed E-state index contributed by atoms with van der Waals surface area (Å²) in [6.07, 6.45) is 0.507. The second-order valence-corrected chi connectivity index (χ2v) is 5.11. The molecule has 8 heteroatoms. The fraction of sp³-hybridized carbons (Fsp3) is 0.400. The highest BCUT2D eigenvalue weighted by Gasteiger charge is 2.08. The lowest BCUT2D eigenvalue weighted by Gasteiger charge is -2.01. The molecular weight excluding hydrogens is 274 g/mol. The van der Waals surface area contributed by atoms with Gasteiger partial charge in [0.15, 0.2) is 5.69 Å². The van der Waals surface area contributed by atoms with Crippen molar-refractivity contribution < 1.29 is 14.7 Å². The molecule has 1 aromatic rings. The highest BCUT2D eigenvalue weighted by Crippen LogP contribution is 2.09. The van der Waals surface area contributed by atoms with E-state index in [0.717, 1.165) is 0 Å². The summed E-state index contributed by atoms with van der Waals surface area (Å²) in [5, 5.41) is 21.8. The number of nitrogens with zero attached hydrogens (tertiary/aromatic N) is 2. The molecule has 1 heterocycles. The Labute approximate surface area is 112 Å². The zero-order valence-electron chi connectivity index (χ0n) is 9.38. The van der Waals surface area contributed by atoms with Gasteiger partial charge < -0.3 is 10.4 Å². The van der Waals surface area contributed by atoms with Gasteiger partial charge in [-0.15, -0.1) is 23.1 Å². The molecule has 1 aromatic heterocycles. The molecule has 0 saturated heterocycles. The number of carbonyl (C=O) groups is 2. The predicted molar refractivity (Wildman–Crippen MR) is 68.7 cm³/mol. The number of aromatic nitrogens is 1. The van der Waals surface area contributed by atoms with Crippen molar-refractivity contribution in [3.8, 4) is 6.07 Å². The third-order valence-electron chi connectivity index (χ3n) is 1.83. The monoisotopic (exact) mass is 285 g/mol. The number of carbonyl (C=O) groups excluding carboxylic acids is 1. The lowest BCUT2D eigenvalue weighted by Crippen LogP contribution is -2.27. The van der Waals surface area contributed by atoms with Gasteiger partial charge in [-0.1, -0.05) is 0 Å². The molecule has 1 amide bonds. The first-order valence-electron chi connectivity index (χ1n) is 5.02. The van der Waals surface area contributed by atoms with Gasteiger partial charge in [-0.25, -0.2) is 9.78 Å². The van der Waals surface area contributed by atoms with Crippen molar-refractivity contribution in [1.29, 1.82) is 5.26 Å². The zero-order valence-corrected chi connectivity index (χ0v) is 11.0. The van der Waals surface area contributed by atoms with Crippen LogP contribution in [0, 0.1) is 11.3 Å². The summed E-state index contributed by atoms with van der Waals surface area (Å²) in [6, 6.07) is 1.94. The molecule has 1 rings (SSSR count). The number of thioether (sulfide) groups is 1. The van der Waals surface area contributed by atoms with E-state index in [1.807, 2.05) is 6.07 Å². The third kappa shape index (κ3) is 5.16. The largest absolute Gasteiger partial charge is 0.476 e. The van der Waals surface area contributed by atoms with E-state index < -0.39 is 5.97 Å². The molecule has 0 atom stereocenters. The molecule has 0 aromatic carbocycles. The quantitative estimate of drug-likeness (QED) is 0.717. The molecule has 96 valence electrons. The number of hydrogen-bond donors (Lipinski definition) is 2. The first-order valence-corrected chi connectivity index (χ1v) is 7.06. The summed E-state index contributed by atoms with van der Waals surface area (Å²) in [5.41, 5.74) is 0.0332. The summed E-state index contributed by atoms with van der Waals surface area (Å²) in [6.45, 7) is 0.415. The van der Waals surface area contributed by atoms with Crippen LogP contribution < -0.4 is 5.32 Å². The van der Waals surface area contributed by atoms with Gasteiger partial charge in [-0.05, 0) is 0 Å². The predicted octanol–water partition coefficient (Wildman–Crippen LogP) is 0.757. The Kier molecular flexibility index (Phi) is 6.18. The molecule has 0 unspecified atom stereocenters. The van der Waals surface area contributed by atoms with Crippen LogP contribution in [0.2, 0.25) is 0 Å². The second-order valence-electron chi connectivity index (χ2n) is 3.18. The Morgan fingerprint density at radius 2 is 2.39 bits per heavy atom. The second kappa shape index (κ2) is 7.68. The van der Waals surface area contributed by atoms with E-state index in [4.69, 9.17) is 10.4 Å². The summed E-state index contributed by atoms with van der Waals surface area (Å²) < 4.78 is 0. The Bertz CT molecular complexity index is 467. The van der Waals surface area contributed by atoms with E-state index in [2.05, 4.69) is 10.3 Å². The van der Waals surface area contributed by atoms with Gasteiger partial charge in [-0.3, -0.25) is 4.79 Å².